The van der Waals surface area contributed by atoms with Crippen molar-refractivity contribution in [3.63, 3.8) is 0 Å². The molecule has 0 amide bonds. The maximum atomic E-state index is 9.67. The van der Waals surface area contributed by atoms with Crippen LogP contribution in [-0.4, -0.2) is 26.3 Å². The molecular formula is C21H18ClN3O3. The summed E-state index contributed by atoms with van der Waals surface area (Å²) in [6.07, 6.45) is 0. The van der Waals surface area contributed by atoms with Crippen LogP contribution in [0.5, 0.6) is 17.2 Å². The summed E-state index contributed by atoms with van der Waals surface area (Å²) in [4.78, 5) is 4.37. The summed E-state index contributed by atoms with van der Waals surface area (Å²) in [6, 6.07) is 14.7. The zero-order valence-corrected chi connectivity index (χ0v) is 16.4. The van der Waals surface area contributed by atoms with Crippen molar-refractivity contribution in [3.05, 3.63) is 53.1 Å². The van der Waals surface area contributed by atoms with Gasteiger partial charge in [-0.25, -0.2) is 4.98 Å². The molecule has 0 aliphatic carbocycles. The molecule has 7 heteroatoms. The molecule has 0 radical (unpaired) electrons. The summed E-state index contributed by atoms with van der Waals surface area (Å²) in [5.74, 6) is 1.46. The predicted molar refractivity (Wildman–Crippen MR) is 109 cm³/mol. The highest BCUT2D eigenvalue weighted by Crippen LogP contribution is 2.46. The van der Waals surface area contributed by atoms with Crippen LogP contribution in [0.4, 0.5) is 5.82 Å². The smallest absolute Gasteiger partial charge is 0.203 e. The minimum Gasteiger partial charge on any atom is -0.493 e. The maximum absolute atomic E-state index is 9.67. The number of anilines is 1. The second-order valence-electron chi connectivity index (χ2n) is 5.79. The third kappa shape index (κ3) is 3.28. The lowest BCUT2D eigenvalue weighted by Crippen LogP contribution is -2.02. The predicted octanol–water partition coefficient (Wildman–Crippen LogP) is 4.55. The number of hydrogen-bond donors (Lipinski definition) is 1. The van der Waals surface area contributed by atoms with Crippen LogP contribution in [-0.2, 0) is 0 Å². The quantitative estimate of drug-likeness (QED) is 0.681. The van der Waals surface area contributed by atoms with Gasteiger partial charge < -0.3 is 19.9 Å². The number of hydrogen-bond acceptors (Lipinski definition) is 6. The van der Waals surface area contributed by atoms with Crippen molar-refractivity contribution in [2.24, 2.45) is 0 Å². The van der Waals surface area contributed by atoms with Crippen molar-refractivity contribution in [1.29, 1.82) is 5.26 Å². The van der Waals surface area contributed by atoms with Gasteiger partial charge >= 0.3 is 0 Å². The molecule has 0 spiro atoms. The van der Waals surface area contributed by atoms with Crippen molar-refractivity contribution >= 4 is 17.4 Å². The number of halogens is 1. The van der Waals surface area contributed by atoms with Gasteiger partial charge in [0.1, 0.15) is 17.5 Å². The maximum Gasteiger partial charge on any atom is 0.203 e. The van der Waals surface area contributed by atoms with E-state index < -0.39 is 0 Å². The van der Waals surface area contributed by atoms with Gasteiger partial charge in [0.2, 0.25) is 5.75 Å². The largest absolute Gasteiger partial charge is 0.493 e. The van der Waals surface area contributed by atoms with Crippen LogP contribution < -0.4 is 19.9 Å². The molecule has 3 rings (SSSR count). The first-order valence-electron chi connectivity index (χ1n) is 8.30. The van der Waals surface area contributed by atoms with Gasteiger partial charge in [-0.3, -0.25) is 0 Å². The Bertz CT molecular complexity index is 1080. The van der Waals surface area contributed by atoms with E-state index in [0.29, 0.717) is 44.7 Å². The molecular weight excluding hydrogens is 378 g/mol. The summed E-state index contributed by atoms with van der Waals surface area (Å²) in [5, 5.41) is 10.2. The topological polar surface area (TPSA) is 90.4 Å². The highest BCUT2D eigenvalue weighted by molar-refractivity contribution is 6.33. The monoisotopic (exact) mass is 395 g/mol. The highest BCUT2D eigenvalue weighted by Gasteiger charge is 2.22. The van der Waals surface area contributed by atoms with E-state index in [2.05, 4.69) is 11.1 Å². The lowest BCUT2D eigenvalue weighted by Gasteiger charge is -2.17. The van der Waals surface area contributed by atoms with Crippen molar-refractivity contribution in [1.82, 2.24) is 4.98 Å². The Morgan fingerprint density at radius 3 is 2.25 bits per heavy atom. The molecule has 142 valence electrons. The molecule has 3 aromatic rings. The number of ether oxygens (including phenoxy) is 3. The summed E-state index contributed by atoms with van der Waals surface area (Å²) in [7, 11) is 4.58. The fourth-order valence-electron chi connectivity index (χ4n) is 3.02. The minimum absolute atomic E-state index is 0.103. The van der Waals surface area contributed by atoms with Gasteiger partial charge in [0.25, 0.3) is 0 Å². The van der Waals surface area contributed by atoms with Crippen LogP contribution in [0.2, 0.25) is 5.02 Å². The normalized spacial score (nSPS) is 10.2. The van der Waals surface area contributed by atoms with E-state index >= 15 is 0 Å². The zero-order valence-electron chi connectivity index (χ0n) is 15.6. The molecule has 0 saturated heterocycles. The van der Waals surface area contributed by atoms with Crippen LogP contribution in [0.1, 0.15) is 5.56 Å². The summed E-state index contributed by atoms with van der Waals surface area (Å²) in [6.45, 7) is 0. The van der Waals surface area contributed by atoms with Crippen LogP contribution in [0.15, 0.2) is 42.5 Å². The Balaban J connectivity index is 2.34. The van der Waals surface area contributed by atoms with Gasteiger partial charge in [0, 0.05) is 21.7 Å². The molecule has 28 heavy (non-hydrogen) atoms. The van der Waals surface area contributed by atoms with Crippen LogP contribution in [0.25, 0.3) is 22.4 Å². The molecule has 1 aromatic heterocycles. The van der Waals surface area contributed by atoms with E-state index in [0.717, 1.165) is 0 Å². The molecule has 0 saturated carbocycles. The van der Waals surface area contributed by atoms with Gasteiger partial charge in [-0.2, -0.15) is 5.26 Å². The lowest BCUT2D eigenvalue weighted by molar-refractivity contribution is 0.325. The number of nitrogens with two attached hydrogens (primary N) is 1. The number of nitrogen functional groups attached to an aromatic ring is 1. The van der Waals surface area contributed by atoms with Crippen molar-refractivity contribution < 1.29 is 14.2 Å². The van der Waals surface area contributed by atoms with E-state index in [9.17, 15) is 5.26 Å². The third-order valence-corrected chi connectivity index (χ3v) is 4.63. The second-order valence-corrected chi connectivity index (χ2v) is 6.20. The number of methoxy groups -OCH3 is 3. The van der Waals surface area contributed by atoms with Crippen LogP contribution in [0, 0.1) is 11.3 Å². The number of nitrogens with zero attached hydrogens (tertiary/aromatic N) is 2. The standard InChI is InChI=1S/C21H18ClN3O3/c1-26-18-9-8-12(19(27-2)20(18)28-3)14-10-17(25-21(24)15(14)11-23)13-6-4-5-7-16(13)22/h4-10H,1-3H3,(H2,24,25). The summed E-state index contributed by atoms with van der Waals surface area (Å²) in [5.41, 5.74) is 8.78. The number of aromatic nitrogens is 1. The van der Waals surface area contributed by atoms with Gasteiger partial charge in [-0.05, 0) is 24.3 Å². The molecule has 0 aliphatic rings. The Morgan fingerprint density at radius 1 is 0.929 bits per heavy atom. The minimum atomic E-state index is 0.103. The van der Waals surface area contributed by atoms with Crippen molar-refractivity contribution in [2.45, 2.75) is 0 Å². The second kappa shape index (κ2) is 8.07. The van der Waals surface area contributed by atoms with Gasteiger partial charge in [-0.15, -0.1) is 0 Å². The SMILES string of the molecule is COc1ccc(-c2cc(-c3ccccc3Cl)nc(N)c2C#N)c(OC)c1OC. The van der Waals surface area contributed by atoms with E-state index in [4.69, 9.17) is 31.5 Å². The van der Waals surface area contributed by atoms with Crippen molar-refractivity contribution in [2.75, 3.05) is 27.1 Å². The van der Waals surface area contributed by atoms with Crippen molar-refractivity contribution in [3.8, 4) is 45.7 Å². The summed E-state index contributed by atoms with van der Waals surface area (Å²) >= 11 is 6.32. The van der Waals surface area contributed by atoms with E-state index in [1.54, 1.807) is 24.3 Å². The number of benzene rings is 2. The molecule has 2 aromatic carbocycles. The molecule has 1 heterocycles. The van der Waals surface area contributed by atoms with Gasteiger partial charge in [0.05, 0.1) is 27.0 Å². The zero-order chi connectivity index (χ0) is 20.3. The fraction of sp³-hybridized carbons (Fsp3) is 0.143. The molecule has 0 bridgehead atoms. The highest BCUT2D eigenvalue weighted by atomic mass is 35.5. The first-order chi connectivity index (χ1) is 13.5. The first kappa shape index (κ1) is 19.3. The number of nitriles is 1. The average molecular weight is 396 g/mol. The fourth-order valence-corrected chi connectivity index (χ4v) is 3.25. The molecule has 2 N–H and O–H groups in total. The Labute approximate surface area is 168 Å². The van der Waals surface area contributed by atoms with Gasteiger partial charge in [-0.1, -0.05) is 29.8 Å². The number of rotatable bonds is 5. The Morgan fingerprint density at radius 2 is 1.64 bits per heavy atom. The Kier molecular flexibility index (Phi) is 5.57. The first-order valence-corrected chi connectivity index (χ1v) is 8.68. The van der Waals surface area contributed by atoms with Gasteiger partial charge in [0.15, 0.2) is 11.5 Å². The van der Waals surface area contributed by atoms with E-state index in [-0.39, 0.29) is 11.4 Å². The molecule has 0 atom stereocenters. The summed E-state index contributed by atoms with van der Waals surface area (Å²) < 4.78 is 16.4. The molecule has 0 fully saturated rings. The molecule has 0 aliphatic heterocycles. The molecule has 6 nitrogen and oxygen atoms in total. The van der Waals surface area contributed by atoms with E-state index in [1.807, 2.05) is 18.2 Å². The average Bonchev–Trinajstić information content (AvgIpc) is 2.72. The lowest BCUT2D eigenvalue weighted by atomic mass is 9.97. The Hall–Kier alpha value is -3.43. The number of pyridine rings is 1. The van der Waals surface area contributed by atoms with E-state index in [1.165, 1.54) is 21.3 Å². The van der Waals surface area contributed by atoms with Crippen LogP contribution in [0.3, 0.4) is 0 Å². The third-order valence-electron chi connectivity index (χ3n) is 4.30. The van der Waals surface area contributed by atoms with Crippen LogP contribution >= 0.6 is 11.6 Å². The molecule has 0 unspecified atom stereocenters.